The normalized spacial score (nSPS) is 14.4. The average molecular weight is 310 g/mol. The molecule has 0 saturated carbocycles. The zero-order chi connectivity index (χ0) is 15.7. The molecule has 0 spiro atoms. The number of rotatable bonds is 10. The molecule has 1 aromatic carbocycles. The third kappa shape index (κ3) is 7.35. The monoisotopic (exact) mass is 309 g/mol. The Balaban J connectivity index is 2.18. The Morgan fingerprint density at radius 3 is 2.57 bits per heavy atom. The molecule has 1 unspecified atom stereocenters. The Kier molecular flexibility index (Phi) is 8.38. The smallest absolute Gasteiger partial charge is 0.0610 e. The topological polar surface area (TPSA) is 32.3 Å². The lowest BCUT2D eigenvalue weighted by Crippen LogP contribution is -2.49. The number of benzene rings is 1. The highest BCUT2D eigenvalue weighted by Crippen LogP contribution is 2.19. The van der Waals surface area contributed by atoms with Crippen molar-refractivity contribution < 1.29 is 5.11 Å². The summed E-state index contributed by atoms with van der Waals surface area (Å²) in [7, 11) is 0. The van der Waals surface area contributed by atoms with Gasteiger partial charge in [0.15, 0.2) is 0 Å². The molecule has 0 fully saturated rings. The van der Waals surface area contributed by atoms with Crippen LogP contribution in [0, 0.1) is 6.92 Å². The molecule has 2 nitrogen and oxygen atoms in total. The molecule has 0 aliphatic carbocycles. The highest BCUT2D eigenvalue weighted by molar-refractivity contribution is 7.98. The SMILES string of the molecule is Cc1ccccc1CSCCCCC(C)(CO)NC(C)C. The summed E-state index contributed by atoms with van der Waals surface area (Å²) in [6, 6.07) is 9.03. The van der Waals surface area contributed by atoms with Crippen molar-refractivity contribution in [3.63, 3.8) is 0 Å². The van der Waals surface area contributed by atoms with Crippen molar-refractivity contribution in [2.24, 2.45) is 0 Å². The third-order valence-corrected chi connectivity index (χ3v) is 4.86. The zero-order valence-corrected chi connectivity index (χ0v) is 14.8. The van der Waals surface area contributed by atoms with E-state index in [2.05, 4.69) is 57.3 Å². The molecule has 0 saturated heterocycles. The molecule has 1 rings (SSSR count). The van der Waals surface area contributed by atoms with Crippen LogP contribution in [-0.4, -0.2) is 29.0 Å². The summed E-state index contributed by atoms with van der Waals surface area (Å²) in [6.45, 7) is 8.77. The van der Waals surface area contributed by atoms with E-state index in [0.29, 0.717) is 6.04 Å². The van der Waals surface area contributed by atoms with Crippen LogP contribution < -0.4 is 5.32 Å². The van der Waals surface area contributed by atoms with Crippen molar-refractivity contribution in [2.75, 3.05) is 12.4 Å². The van der Waals surface area contributed by atoms with Crippen molar-refractivity contribution >= 4 is 11.8 Å². The van der Waals surface area contributed by atoms with Gasteiger partial charge in [-0.25, -0.2) is 0 Å². The van der Waals surface area contributed by atoms with Crippen LogP contribution in [-0.2, 0) is 5.75 Å². The molecule has 0 aliphatic rings. The molecule has 0 amide bonds. The molecule has 0 heterocycles. The van der Waals surface area contributed by atoms with Gasteiger partial charge in [0.1, 0.15) is 0 Å². The molecule has 0 bridgehead atoms. The first-order valence-corrected chi connectivity index (χ1v) is 9.13. The van der Waals surface area contributed by atoms with E-state index < -0.39 is 0 Å². The van der Waals surface area contributed by atoms with Gasteiger partial charge in [-0.15, -0.1) is 0 Å². The highest BCUT2D eigenvalue weighted by atomic mass is 32.2. The molecular formula is C18H31NOS. The van der Waals surface area contributed by atoms with E-state index in [1.54, 1.807) is 0 Å². The van der Waals surface area contributed by atoms with Crippen LogP contribution in [0.4, 0.5) is 0 Å². The lowest BCUT2D eigenvalue weighted by molar-refractivity contribution is 0.154. The van der Waals surface area contributed by atoms with Crippen LogP contribution in [0.1, 0.15) is 51.2 Å². The first-order valence-electron chi connectivity index (χ1n) is 7.97. The summed E-state index contributed by atoms with van der Waals surface area (Å²) in [4.78, 5) is 0. The van der Waals surface area contributed by atoms with Crippen LogP contribution in [0.3, 0.4) is 0 Å². The minimum atomic E-state index is -0.130. The lowest BCUT2D eigenvalue weighted by atomic mass is 9.95. The quantitative estimate of drug-likeness (QED) is 0.637. The number of thioether (sulfide) groups is 1. The molecule has 1 aromatic rings. The Morgan fingerprint density at radius 2 is 1.95 bits per heavy atom. The summed E-state index contributed by atoms with van der Waals surface area (Å²) in [6.07, 6.45) is 3.41. The third-order valence-electron chi connectivity index (χ3n) is 3.77. The van der Waals surface area contributed by atoms with Crippen LogP contribution in [0.25, 0.3) is 0 Å². The summed E-state index contributed by atoms with van der Waals surface area (Å²) in [5, 5.41) is 13.0. The highest BCUT2D eigenvalue weighted by Gasteiger charge is 2.22. The van der Waals surface area contributed by atoms with Gasteiger partial charge in [0.25, 0.3) is 0 Å². The van der Waals surface area contributed by atoms with E-state index >= 15 is 0 Å². The lowest BCUT2D eigenvalue weighted by Gasteiger charge is -2.31. The standard InChI is InChI=1S/C18H31NOS/c1-15(2)19-18(4,14-20)11-7-8-12-21-13-17-10-6-5-9-16(17)3/h5-6,9-10,15,19-20H,7-8,11-14H2,1-4H3. The number of hydrogen-bond acceptors (Lipinski definition) is 3. The number of hydrogen-bond donors (Lipinski definition) is 2. The summed E-state index contributed by atoms with van der Waals surface area (Å²) >= 11 is 2.01. The van der Waals surface area contributed by atoms with E-state index in [4.69, 9.17) is 0 Å². The maximum Gasteiger partial charge on any atom is 0.0610 e. The minimum Gasteiger partial charge on any atom is -0.394 e. The maximum atomic E-state index is 9.55. The van der Waals surface area contributed by atoms with Gasteiger partial charge >= 0.3 is 0 Å². The molecule has 2 N–H and O–H groups in total. The summed E-state index contributed by atoms with van der Waals surface area (Å²) < 4.78 is 0. The van der Waals surface area contributed by atoms with Gasteiger partial charge in [0.05, 0.1) is 6.61 Å². The van der Waals surface area contributed by atoms with E-state index in [1.807, 2.05) is 11.8 Å². The second-order valence-electron chi connectivity index (χ2n) is 6.45. The van der Waals surface area contributed by atoms with Crippen LogP contribution in [0.2, 0.25) is 0 Å². The van der Waals surface area contributed by atoms with Crippen molar-refractivity contribution in [2.45, 2.75) is 64.3 Å². The summed E-state index contributed by atoms with van der Waals surface area (Å²) in [5.74, 6) is 2.30. The van der Waals surface area contributed by atoms with Gasteiger partial charge in [-0.1, -0.05) is 44.5 Å². The van der Waals surface area contributed by atoms with Gasteiger partial charge in [0, 0.05) is 17.3 Å². The molecule has 21 heavy (non-hydrogen) atoms. The fourth-order valence-electron chi connectivity index (χ4n) is 2.57. The number of aryl methyl sites for hydroxylation is 1. The van der Waals surface area contributed by atoms with Gasteiger partial charge < -0.3 is 10.4 Å². The first kappa shape index (κ1) is 18.5. The predicted octanol–water partition coefficient (Wildman–Crippen LogP) is 4.15. The maximum absolute atomic E-state index is 9.55. The molecule has 0 radical (unpaired) electrons. The average Bonchev–Trinajstić information content (AvgIpc) is 2.43. The Hall–Kier alpha value is -0.510. The van der Waals surface area contributed by atoms with E-state index in [9.17, 15) is 5.11 Å². The Labute approximate surface area is 134 Å². The molecule has 120 valence electrons. The van der Waals surface area contributed by atoms with Crippen LogP contribution in [0.15, 0.2) is 24.3 Å². The van der Waals surface area contributed by atoms with Crippen LogP contribution in [0.5, 0.6) is 0 Å². The van der Waals surface area contributed by atoms with Gasteiger partial charge in [-0.2, -0.15) is 11.8 Å². The Morgan fingerprint density at radius 1 is 1.24 bits per heavy atom. The van der Waals surface area contributed by atoms with Crippen molar-refractivity contribution in [3.8, 4) is 0 Å². The number of nitrogens with one attached hydrogen (secondary N) is 1. The van der Waals surface area contributed by atoms with Crippen molar-refractivity contribution in [1.29, 1.82) is 0 Å². The number of aliphatic hydroxyl groups excluding tert-OH is 1. The Bertz CT molecular complexity index is 408. The molecule has 0 aliphatic heterocycles. The zero-order valence-electron chi connectivity index (χ0n) is 14.0. The molecular weight excluding hydrogens is 278 g/mol. The second-order valence-corrected chi connectivity index (χ2v) is 7.56. The van der Waals surface area contributed by atoms with E-state index in [-0.39, 0.29) is 12.1 Å². The van der Waals surface area contributed by atoms with Crippen LogP contribution >= 0.6 is 11.8 Å². The number of unbranched alkanes of at least 4 members (excludes halogenated alkanes) is 1. The molecule has 0 aromatic heterocycles. The summed E-state index contributed by atoms with van der Waals surface area (Å²) in [5.41, 5.74) is 2.71. The molecule has 1 atom stereocenters. The van der Waals surface area contributed by atoms with E-state index in [1.165, 1.54) is 23.3 Å². The number of aliphatic hydroxyl groups is 1. The second kappa shape index (κ2) is 9.50. The minimum absolute atomic E-state index is 0.130. The van der Waals surface area contributed by atoms with Crippen molar-refractivity contribution in [1.82, 2.24) is 5.32 Å². The fourth-order valence-corrected chi connectivity index (χ4v) is 3.66. The molecule has 3 heteroatoms. The largest absolute Gasteiger partial charge is 0.394 e. The van der Waals surface area contributed by atoms with E-state index in [0.717, 1.165) is 18.6 Å². The predicted molar refractivity (Wildman–Crippen MR) is 95.0 cm³/mol. The van der Waals surface area contributed by atoms with Crippen molar-refractivity contribution in [3.05, 3.63) is 35.4 Å². The van der Waals surface area contributed by atoms with Gasteiger partial charge in [0.2, 0.25) is 0 Å². The van der Waals surface area contributed by atoms with Gasteiger partial charge in [-0.3, -0.25) is 0 Å². The fraction of sp³-hybridized carbons (Fsp3) is 0.667. The first-order chi connectivity index (χ1) is 9.97. The van der Waals surface area contributed by atoms with Gasteiger partial charge in [-0.05, 0) is 43.6 Å².